The molecule has 5 heteroatoms. The van der Waals surface area contributed by atoms with Crippen molar-refractivity contribution in [3.8, 4) is 11.5 Å². The third-order valence-electron chi connectivity index (χ3n) is 1.99. The Labute approximate surface area is 94.1 Å². The SMILES string of the molecule is COC(=O)C(N)COc1ccc(OC)cc1. The molecule has 0 radical (unpaired) electrons. The van der Waals surface area contributed by atoms with Crippen molar-refractivity contribution in [3.63, 3.8) is 0 Å². The van der Waals surface area contributed by atoms with Gasteiger partial charge in [0, 0.05) is 0 Å². The van der Waals surface area contributed by atoms with Crippen molar-refractivity contribution < 1.29 is 19.0 Å². The van der Waals surface area contributed by atoms with Crippen LogP contribution in [0.4, 0.5) is 0 Å². The number of nitrogens with two attached hydrogens (primary N) is 1. The number of esters is 1. The maximum absolute atomic E-state index is 11.0. The zero-order valence-corrected chi connectivity index (χ0v) is 9.30. The zero-order valence-electron chi connectivity index (χ0n) is 9.30. The van der Waals surface area contributed by atoms with Crippen LogP contribution < -0.4 is 15.2 Å². The highest BCUT2D eigenvalue weighted by atomic mass is 16.5. The van der Waals surface area contributed by atoms with E-state index < -0.39 is 12.0 Å². The normalized spacial score (nSPS) is 11.7. The van der Waals surface area contributed by atoms with Gasteiger partial charge in [-0.3, -0.25) is 4.79 Å². The van der Waals surface area contributed by atoms with E-state index in [-0.39, 0.29) is 6.61 Å². The van der Waals surface area contributed by atoms with Crippen molar-refractivity contribution in [1.82, 2.24) is 0 Å². The van der Waals surface area contributed by atoms with Gasteiger partial charge in [0.1, 0.15) is 24.1 Å². The van der Waals surface area contributed by atoms with E-state index in [2.05, 4.69) is 4.74 Å². The summed E-state index contributed by atoms with van der Waals surface area (Å²) in [4.78, 5) is 11.0. The maximum Gasteiger partial charge on any atom is 0.326 e. The molecule has 0 amide bonds. The molecular weight excluding hydrogens is 210 g/mol. The van der Waals surface area contributed by atoms with Crippen LogP contribution >= 0.6 is 0 Å². The van der Waals surface area contributed by atoms with Gasteiger partial charge in [0.2, 0.25) is 0 Å². The van der Waals surface area contributed by atoms with Gasteiger partial charge in [0.15, 0.2) is 0 Å². The average molecular weight is 225 g/mol. The van der Waals surface area contributed by atoms with E-state index in [9.17, 15) is 4.79 Å². The van der Waals surface area contributed by atoms with Gasteiger partial charge in [-0.15, -0.1) is 0 Å². The summed E-state index contributed by atoms with van der Waals surface area (Å²) in [6.45, 7) is 0.0823. The molecule has 1 aromatic rings. The Balaban J connectivity index is 2.45. The molecule has 2 N–H and O–H groups in total. The van der Waals surface area contributed by atoms with Crippen LogP contribution in [0, 0.1) is 0 Å². The topological polar surface area (TPSA) is 70.8 Å². The first kappa shape index (κ1) is 12.3. The molecule has 0 aliphatic heterocycles. The fraction of sp³-hybridized carbons (Fsp3) is 0.364. The second-order valence-electron chi connectivity index (χ2n) is 3.12. The lowest BCUT2D eigenvalue weighted by molar-refractivity contribution is -0.142. The predicted octanol–water partition coefficient (Wildman–Crippen LogP) is 0.574. The summed E-state index contributed by atoms with van der Waals surface area (Å²) in [6.07, 6.45) is 0. The number of hydrogen-bond donors (Lipinski definition) is 1. The van der Waals surface area contributed by atoms with Crippen LogP contribution in [-0.4, -0.2) is 32.8 Å². The van der Waals surface area contributed by atoms with Crippen LogP contribution in [0.5, 0.6) is 11.5 Å². The molecule has 1 aromatic carbocycles. The highest BCUT2D eigenvalue weighted by Crippen LogP contribution is 2.16. The highest BCUT2D eigenvalue weighted by Gasteiger charge is 2.14. The van der Waals surface area contributed by atoms with Crippen LogP contribution in [0.2, 0.25) is 0 Å². The Morgan fingerprint density at radius 2 is 1.81 bits per heavy atom. The summed E-state index contributed by atoms with van der Waals surface area (Å²) >= 11 is 0. The molecule has 1 atom stereocenters. The molecule has 16 heavy (non-hydrogen) atoms. The van der Waals surface area contributed by atoms with Crippen molar-refractivity contribution in [2.45, 2.75) is 6.04 Å². The van der Waals surface area contributed by atoms with Crippen molar-refractivity contribution in [2.24, 2.45) is 5.73 Å². The molecule has 1 rings (SSSR count). The highest BCUT2D eigenvalue weighted by molar-refractivity contribution is 5.75. The minimum atomic E-state index is -0.771. The molecular formula is C11H15NO4. The van der Waals surface area contributed by atoms with Crippen LogP contribution in [0.1, 0.15) is 0 Å². The molecule has 0 bridgehead atoms. The Kier molecular flexibility index (Phi) is 4.60. The standard InChI is InChI=1S/C11H15NO4/c1-14-8-3-5-9(6-4-8)16-7-10(12)11(13)15-2/h3-6,10H,7,12H2,1-2H3. The van der Waals surface area contributed by atoms with Crippen LogP contribution in [0.25, 0.3) is 0 Å². The first-order chi connectivity index (χ1) is 7.67. The molecule has 1 unspecified atom stereocenters. The van der Waals surface area contributed by atoms with E-state index in [0.29, 0.717) is 5.75 Å². The van der Waals surface area contributed by atoms with Crippen molar-refractivity contribution >= 4 is 5.97 Å². The molecule has 0 fully saturated rings. The van der Waals surface area contributed by atoms with E-state index in [4.69, 9.17) is 15.2 Å². The number of rotatable bonds is 5. The van der Waals surface area contributed by atoms with Gasteiger partial charge in [0.25, 0.3) is 0 Å². The minimum Gasteiger partial charge on any atom is -0.497 e. The number of carbonyl (C=O) groups is 1. The van der Waals surface area contributed by atoms with Gasteiger partial charge in [-0.1, -0.05) is 0 Å². The monoisotopic (exact) mass is 225 g/mol. The molecule has 0 aliphatic carbocycles. The Hall–Kier alpha value is -1.75. The fourth-order valence-corrected chi connectivity index (χ4v) is 1.08. The number of hydrogen-bond acceptors (Lipinski definition) is 5. The maximum atomic E-state index is 11.0. The van der Waals surface area contributed by atoms with Gasteiger partial charge in [-0.2, -0.15) is 0 Å². The lowest BCUT2D eigenvalue weighted by Crippen LogP contribution is -2.37. The van der Waals surface area contributed by atoms with Crippen LogP contribution in [0.15, 0.2) is 24.3 Å². The molecule has 5 nitrogen and oxygen atoms in total. The third kappa shape index (κ3) is 3.43. The smallest absolute Gasteiger partial charge is 0.326 e. The van der Waals surface area contributed by atoms with Gasteiger partial charge >= 0.3 is 5.97 Å². The summed E-state index contributed by atoms with van der Waals surface area (Å²) in [5.41, 5.74) is 5.51. The zero-order chi connectivity index (χ0) is 12.0. The van der Waals surface area contributed by atoms with E-state index in [1.165, 1.54) is 7.11 Å². The van der Waals surface area contributed by atoms with E-state index in [1.807, 2.05) is 0 Å². The van der Waals surface area contributed by atoms with Gasteiger partial charge in [0.05, 0.1) is 14.2 Å². The molecule has 0 saturated carbocycles. The van der Waals surface area contributed by atoms with E-state index >= 15 is 0 Å². The van der Waals surface area contributed by atoms with E-state index in [0.717, 1.165) is 5.75 Å². The lowest BCUT2D eigenvalue weighted by atomic mass is 10.3. The number of benzene rings is 1. The summed E-state index contributed by atoms with van der Waals surface area (Å²) < 4.78 is 14.8. The van der Waals surface area contributed by atoms with E-state index in [1.54, 1.807) is 31.4 Å². The second-order valence-corrected chi connectivity index (χ2v) is 3.12. The first-order valence-electron chi connectivity index (χ1n) is 4.77. The van der Waals surface area contributed by atoms with Crippen molar-refractivity contribution in [1.29, 1.82) is 0 Å². The van der Waals surface area contributed by atoms with Crippen molar-refractivity contribution in [2.75, 3.05) is 20.8 Å². The van der Waals surface area contributed by atoms with Gasteiger partial charge in [-0.25, -0.2) is 0 Å². The second kappa shape index (κ2) is 5.97. The molecule has 0 saturated heterocycles. The number of carbonyl (C=O) groups excluding carboxylic acids is 1. The summed E-state index contributed by atoms with van der Waals surface area (Å²) in [5.74, 6) is 0.873. The molecule has 88 valence electrons. The fourth-order valence-electron chi connectivity index (χ4n) is 1.08. The van der Waals surface area contributed by atoms with Crippen LogP contribution in [0.3, 0.4) is 0 Å². The Morgan fingerprint density at radius 1 is 1.25 bits per heavy atom. The summed E-state index contributed by atoms with van der Waals surface area (Å²) in [6, 6.07) is 6.23. The lowest BCUT2D eigenvalue weighted by Gasteiger charge is -2.11. The number of ether oxygens (including phenoxy) is 3. The summed E-state index contributed by atoms with van der Waals surface area (Å²) in [5, 5.41) is 0. The first-order valence-corrected chi connectivity index (χ1v) is 4.77. The molecule has 0 aromatic heterocycles. The number of methoxy groups -OCH3 is 2. The minimum absolute atomic E-state index is 0.0823. The van der Waals surface area contributed by atoms with Gasteiger partial charge in [-0.05, 0) is 24.3 Å². The average Bonchev–Trinajstić information content (AvgIpc) is 2.35. The molecule has 0 spiro atoms. The Morgan fingerprint density at radius 3 is 2.31 bits per heavy atom. The van der Waals surface area contributed by atoms with Crippen LogP contribution in [-0.2, 0) is 9.53 Å². The quantitative estimate of drug-likeness (QED) is 0.742. The summed E-state index contributed by atoms with van der Waals surface area (Å²) in [7, 11) is 2.87. The molecule has 0 heterocycles. The van der Waals surface area contributed by atoms with Crippen molar-refractivity contribution in [3.05, 3.63) is 24.3 Å². The molecule has 0 aliphatic rings. The largest absolute Gasteiger partial charge is 0.497 e. The van der Waals surface area contributed by atoms with Gasteiger partial charge < -0.3 is 19.9 Å². The third-order valence-corrected chi connectivity index (χ3v) is 1.99. The predicted molar refractivity (Wildman–Crippen MR) is 58.5 cm³/mol. The Bertz CT molecular complexity index is 336.